The summed E-state index contributed by atoms with van der Waals surface area (Å²) >= 11 is 3.52. The molecule has 3 nitrogen and oxygen atoms in total. The fourth-order valence-electron chi connectivity index (χ4n) is 2.65. The molecule has 0 amide bonds. The summed E-state index contributed by atoms with van der Waals surface area (Å²) in [6, 6.07) is 11.3. The first-order valence-electron chi connectivity index (χ1n) is 6.89. The van der Waals surface area contributed by atoms with Crippen molar-refractivity contribution in [2.24, 2.45) is 0 Å². The molecule has 1 saturated carbocycles. The quantitative estimate of drug-likeness (QED) is 0.778. The largest absolute Gasteiger partial charge is 0.311 e. The number of rotatable bonds is 5. The molecule has 3 rings (SSSR count). The van der Waals surface area contributed by atoms with Crippen LogP contribution in [-0.2, 0) is 5.33 Å². The molecular weight excluding hydrogens is 302 g/mol. The van der Waals surface area contributed by atoms with Crippen molar-refractivity contribution in [3.63, 3.8) is 0 Å². The number of aromatic nitrogens is 3. The topological polar surface area (TPSA) is 30.7 Å². The molecule has 0 radical (unpaired) electrons. The maximum absolute atomic E-state index is 4.48. The van der Waals surface area contributed by atoms with Gasteiger partial charge in [0.1, 0.15) is 11.6 Å². The average Bonchev–Trinajstić information content (AvgIpc) is 3.21. The van der Waals surface area contributed by atoms with Gasteiger partial charge in [0.15, 0.2) is 0 Å². The Bertz CT molecular complexity index is 546. The van der Waals surface area contributed by atoms with E-state index in [9.17, 15) is 0 Å². The van der Waals surface area contributed by atoms with Gasteiger partial charge in [0.25, 0.3) is 0 Å². The van der Waals surface area contributed by atoms with Crippen molar-refractivity contribution in [3.8, 4) is 0 Å². The summed E-state index contributed by atoms with van der Waals surface area (Å²) in [6.45, 7) is 2.22. The fraction of sp³-hybridized carbons (Fsp3) is 0.467. The van der Waals surface area contributed by atoms with Gasteiger partial charge in [0, 0.05) is 12.0 Å². The van der Waals surface area contributed by atoms with Crippen LogP contribution in [0.2, 0.25) is 0 Å². The molecule has 19 heavy (non-hydrogen) atoms. The van der Waals surface area contributed by atoms with Gasteiger partial charge in [-0.2, -0.15) is 0 Å². The lowest BCUT2D eigenvalue weighted by Crippen LogP contribution is -2.10. The van der Waals surface area contributed by atoms with E-state index in [1.54, 1.807) is 0 Å². The Balaban J connectivity index is 2.02. The van der Waals surface area contributed by atoms with Crippen LogP contribution < -0.4 is 0 Å². The van der Waals surface area contributed by atoms with E-state index in [4.69, 9.17) is 0 Å². The van der Waals surface area contributed by atoms with Gasteiger partial charge in [-0.1, -0.05) is 53.2 Å². The van der Waals surface area contributed by atoms with E-state index in [0.717, 1.165) is 23.4 Å². The van der Waals surface area contributed by atoms with E-state index in [1.165, 1.54) is 18.4 Å². The molecule has 1 aromatic carbocycles. The molecule has 4 heteroatoms. The summed E-state index contributed by atoms with van der Waals surface area (Å²) in [4.78, 5) is 0. The number of hydrogen-bond donors (Lipinski definition) is 0. The third kappa shape index (κ3) is 2.46. The molecule has 1 heterocycles. The molecule has 0 aliphatic heterocycles. The number of hydrogen-bond acceptors (Lipinski definition) is 2. The SMILES string of the molecule is CCC(c1ccccc1)c1nnc(CBr)n1C1CC1. The normalized spacial score (nSPS) is 16.5. The van der Waals surface area contributed by atoms with Gasteiger partial charge in [-0.05, 0) is 24.8 Å². The lowest BCUT2D eigenvalue weighted by molar-refractivity contribution is 0.609. The summed E-state index contributed by atoms with van der Waals surface area (Å²) in [6.07, 6.45) is 3.57. The third-order valence-electron chi connectivity index (χ3n) is 3.75. The van der Waals surface area contributed by atoms with Crippen LogP contribution in [0.4, 0.5) is 0 Å². The molecular formula is C15H18BrN3. The Morgan fingerprint density at radius 2 is 2.00 bits per heavy atom. The van der Waals surface area contributed by atoms with Gasteiger partial charge >= 0.3 is 0 Å². The monoisotopic (exact) mass is 319 g/mol. The van der Waals surface area contributed by atoms with E-state index >= 15 is 0 Å². The Hall–Kier alpha value is -1.16. The van der Waals surface area contributed by atoms with Crippen molar-refractivity contribution in [1.29, 1.82) is 0 Å². The first kappa shape index (κ1) is 12.9. The average molecular weight is 320 g/mol. The van der Waals surface area contributed by atoms with Crippen LogP contribution in [0, 0.1) is 0 Å². The molecule has 1 unspecified atom stereocenters. The highest BCUT2D eigenvalue weighted by Crippen LogP contribution is 2.40. The molecule has 1 aromatic heterocycles. The van der Waals surface area contributed by atoms with Crippen LogP contribution in [0.25, 0.3) is 0 Å². The second-order valence-corrected chi connectivity index (χ2v) is 5.64. The molecule has 1 aliphatic carbocycles. The first-order valence-corrected chi connectivity index (χ1v) is 8.01. The van der Waals surface area contributed by atoms with Crippen LogP contribution >= 0.6 is 15.9 Å². The Morgan fingerprint density at radius 3 is 2.58 bits per heavy atom. The van der Waals surface area contributed by atoms with Crippen molar-refractivity contribution in [1.82, 2.24) is 14.8 Å². The molecule has 0 N–H and O–H groups in total. The van der Waals surface area contributed by atoms with E-state index in [2.05, 4.69) is 67.9 Å². The highest BCUT2D eigenvalue weighted by Gasteiger charge is 2.31. The van der Waals surface area contributed by atoms with Crippen LogP contribution in [0.1, 0.15) is 55.4 Å². The molecule has 0 spiro atoms. The number of benzene rings is 1. The van der Waals surface area contributed by atoms with Gasteiger partial charge in [0.2, 0.25) is 0 Å². The molecule has 0 saturated heterocycles. The van der Waals surface area contributed by atoms with Gasteiger partial charge in [-0.15, -0.1) is 10.2 Å². The zero-order valence-corrected chi connectivity index (χ0v) is 12.7. The minimum atomic E-state index is 0.349. The van der Waals surface area contributed by atoms with E-state index in [1.807, 2.05) is 0 Å². The molecule has 100 valence electrons. The Morgan fingerprint density at radius 1 is 1.26 bits per heavy atom. The zero-order valence-electron chi connectivity index (χ0n) is 11.1. The fourth-order valence-corrected chi connectivity index (χ4v) is 3.03. The van der Waals surface area contributed by atoms with Crippen molar-refractivity contribution < 1.29 is 0 Å². The summed E-state index contributed by atoms with van der Waals surface area (Å²) in [5.41, 5.74) is 1.33. The summed E-state index contributed by atoms with van der Waals surface area (Å²) in [5.74, 6) is 2.54. The van der Waals surface area contributed by atoms with Crippen molar-refractivity contribution >= 4 is 15.9 Å². The van der Waals surface area contributed by atoms with E-state index < -0.39 is 0 Å². The Labute approximate surface area is 122 Å². The third-order valence-corrected chi connectivity index (χ3v) is 4.25. The summed E-state index contributed by atoms with van der Waals surface area (Å²) < 4.78 is 2.36. The summed E-state index contributed by atoms with van der Waals surface area (Å²) in [7, 11) is 0. The van der Waals surface area contributed by atoms with Gasteiger partial charge in [-0.25, -0.2) is 0 Å². The van der Waals surface area contributed by atoms with Crippen molar-refractivity contribution in [3.05, 3.63) is 47.5 Å². The van der Waals surface area contributed by atoms with Crippen molar-refractivity contribution in [2.45, 2.75) is 43.5 Å². The standard InChI is InChI=1S/C15H18BrN3/c1-2-13(11-6-4-3-5-7-11)15-18-17-14(10-16)19(15)12-8-9-12/h3-7,12-13H,2,8-10H2,1H3. The number of nitrogens with zero attached hydrogens (tertiary/aromatic N) is 3. The molecule has 2 aromatic rings. The highest BCUT2D eigenvalue weighted by molar-refractivity contribution is 9.08. The van der Waals surface area contributed by atoms with Crippen LogP contribution in [0.5, 0.6) is 0 Å². The lowest BCUT2D eigenvalue weighted by atomic mass is 9.95. The minimum Gasteiger partial charge on any atom is -0.311 e. The maximum atomic E-state index is 4.48. The zero-order chi connectivity index (χ0) is 13.2. The first-order chi connectivity index (χ1) is 9.35. The van der Waals surface area contributed by atoms with Crippen LogP contribution in [0.3, 0.4) is 0 Å². The summed E-state index contributed by atoms with van der Waals surface area (Å²) in [5, 5.41) is 9.61. The molecule has 1 aliphatic rings. The predicted molar refractivity (Wildman–Crippen MR) is 79.5 cm³/mol. The van der Waals surface area contributed by atoms with Gasteiger partial charge in [-0.3, -0.25) is 0 Å². The molecule has 0 bridgehead atoms. The van der Waals surface area contributed by atoms with Gasteiger partial charge < -0.3 is 4.57 Å². The Kier molecular flexibility index (Phi) is 3.69. The highest BCUT2D eigenvalue weighted by atomic mass is 79.9. The minimum absolute atomic E-state index is 0.349. The second-order valence-electron chi connectivity index (χ2n) is 5.08. The van der Waals surface area contributed by atoms with Crippen LogP contribution in [0.15, 0.2) is 30.3 Å². The lowest BCUT2D eigenvalue weighted by Gasteiger charge is -2.17. The molecule has 1 atom stereocenters. The number of alkyl halides is 1. The van der Waals surface area contributed by atoms with Crippen molar-refractivity contribution in [2.75, 3.05) is 0 Å². The predicted octanol–water partition coefficient (Wildman–Crippen LogP) is 4.05. The smallest absolute Gasteiger partial charge is 0.143 e. The molecule has 1 fully saturated rings. The van der Waals surface area contributed by atoms with Crippen LogP contribution in [-0.4, -0.2) is 14.8 Å². The number of halogens is 1. The van der Waals surface area contributed by atoms with E-state index in [-0.39, 0.29) is 0 Å². The van der Waals surface area contributed by atoms with E-state index in [0.29, 0.717) is 12.0 Å². The maximum Gasteiger partial charge on any atom is 0.143 e. The van der Waals surface area contributed by atoms with Gasteiger partial charge in [0.05, 0.1) is 5.33 Å². The second kappa shape index (κ2) is 5.45.